The number of thioether (sulfide) groups is 1. The Bertz CT molecular complexity index is 560. The van der Waals surface area contributed by atoms with Crippen molar-refractivity contribution in [3.8, 4) is 0 Å². The summed E-state index contributed by atoms with van der Waals surface area (Å²) in [7, 11) is 0. The molecule has 0 spiro atoms. The number of nitrogen functional groups attached to an aromatic ring is 1. The second-order valence-electron chi connectivity index (χ2n) is 4.25. The highest BCUT2D eigenvalue weighted by molar-refractivity contribution is 7.99. The molecule has 4 nitrogen and oxygen atoms in total. The fraction of sp³-hybridized carbons (Fsp3) is 0.200. The summed E-state index contributed by atoms with van der Waals surface area (Å²) in [5.74, 6) is 0.788. The van der Waals surface area contributed by atoms with Crippen LogP contribution in [0.1, 0.15) is 16.9 Å². The van der Waals surface area contributed by atoms with Gasteiger partial charge in [0, 0.05) is 23.3 Å². The summed E-state index contributed by atoms with van der Waals surface area (Å²) >= 11 is 1.78. The van der Waals surface area contributed by atoms with Gasteiger partial charge in [0.2, 0.25) is 0 Å². The number of carbonyl (C=O) groups excluding carboxylic acids is 1. The second kappa shape index (κ2) is 7.55. The lowest BCUT2D eigenvalue weighted by Crippen LogP contribution is -2.25. The van der Waals surface area contributed by atoms with Crippen molar-refractivity contribution in [2.75, 3.05) is 18.0 Å². The van der Waals surface area contributed by atoms with Gasteiger partial charge in [0.05, 0.1) is 0 Å². The average molecular weight is 287 g/mol. The molecule has 0 atom stereocenters. The summed E-state index contributed by atoms with van der Waals surface area (Å²) in [4.78, 5) is 17.0. The summed E-state index contributed by atoms with van der Waals surface area (Å²) in [5.41, 5.74) is 6.52. The molecule has 0 saturated heterocycles. The van der Waals surface area contributed by atoms with Crippen LogP contribution in [-0.4, -0.2) is 23.2 Å². The molecule has 0 bridgehead atoms. The standard InChI is InChI=1S/C15H17N3OS/c16-12-7-9-17-14(11-12)15(19)18-8-4-10-20-13-5-2-1-3-6-13/h1-3,5-7,9,11H,4,8,10H2,(H2,16,17)(H,18,19). The minimum absolute atomic E-state index is 0.179. The molecule has 1 amide bonds. The number of aromatic nitrogens is 1. The van der Waals surface area contributed by atoms with Gasteiger partial charge in [-0.1, -0.05) is 18.2 Å². The molecule has 2 aromatic rings. The predicted molar refractivity (Wildman–Crippen MR) is 82.8 cm³/mol. The summed E-state index contributed by atoms with van der Waals surface area (Å²) in [6, 6.07) is 13.5. The van der Waals surface area contributed by atoms with Crippen molar-refractivity contribution in [3.05, 3.63) is 54.4 Å². The van der Waals surface area contributed by atoms with Crippen LogP contribution >= 0.6 is 11.8 Å². The van der Waals surface area contributed by atoms with Crippen LogP contribution in [0.25, 0.3) is 0 Å². The maximum atomic E-state index is 11.8. The average Bonchev–Trinajstić information content (AvgIpc) is 2.48. The summed E-state index contributed by atoms with van der Waals surface area (Å²) < 4.78 is 0. The molecule has 0 saturated carbocycles. The number of rotatable bonds is 6. The van der Waals surface area contributed by atoms with Crippen LogP contribution < -0.4 is 11.1 Å². The molecule has 0 aliphatic rings. The number of amides is 1. The highest BCUT2D eigenvalue weighted by Gasteiger charge is 2.06. The summed E-state index contributed by atoms with van der Waals surface area (Å²) in [6.07, 6.45) is 2.45. The largest absolute Gasteiger partial charge is 0.399 e. The Morgan fingerprint density at radius 1 is 1.25 bits per heavy atom. The van der Waals surface area contributed by atoms with Gasteiger partial charge < -0.3 is 11.1 Å². The first-order valence-electron chi connectivity index (χ1n) is 6.43. The zero-order valence-electron chi connectivity index (χ0n) is 11.1. The third kappa shape index (κ3) is 4.59. The van der Waals surface area contributed by atoms with Crippen LogP contribution in [0.3, 0.4) is 0 Å². The number of hydrogen-bond acceptors (Lipinski definition) is 4. The Kier molecular flexibility index (Phi) is 5.43. The van der Waals surface area contributed by atoms with Crippen LogP contribution in [0.15, 0.2) is 53.6 Å². The van der Waals surface area contributed by atoms with E-state index in [9.17, 15) is 4.79 Å². The Morgan fingerprint density at radius 2 is 2.05 bits per heavy atom. The number of pyridine rings is 1. The Labute approximate surface area is 122 Å². The van der Waals surface area contributed by atoms with E-state index in [1.54, 1.807) is 23.9 Å². The van der Waals surface area contributed by atoms with Crippen LogP contribution in [0, 0.1) is 0 Å². The highest BCUT2D eigenvalue weighted by Crippen LogP contribution is 2.17. The molecule has 1 aromatic heterocycles. The molecule has 104 valence electrons. The molecule has 3 N–H and O–H groups in total. The number of nitrogens with zero attached hydrogens (tertiary/aromatic N) is 1. The lowest BCUT2D eigenvalue weighted by Gasteiger charge is -2.05. The molecular weight excluding hydrogens is 270 g/mol. The molecule has 5 heteroatoms. The number of nitrogens with one attached hydrogen (secondary N) is 1. The van der Waals surface area contributed by atoms with Crippen molar-refractivity contribution in [1.82, 2.24) is 10.3 Å². The van der Waals surface area contributed by atoms with Gasteiger partial charge in [-0.2, -0.15) is 0 Å². The normalized spacial score (nSPS) is 10.2. The van der Waals surface area contributed by atoms with Gasteiger partial charge in [-0.25, -0.2) is 0 Å². The van der Waals surface area contributed by atoms with E-state index >= 15 is 0 Å². The number of nitrogens with two attached hydrogens (primary N) is 1. The van der Waals surface area contributed by atoms with Crippen LogP contribution in [-0.2, 0) is 0 Å². The minimum Gasteiger partial charge on any atom is -0.399 e. The van der Waals surface area contributed by atoms with Crippen LogP contribution in [0.4, 0.5) is 5.69 Å². The molecule has 0 aliphatic carbocycles. The quantitative estimate of drug-likeness (QED) is 0.633. The Morgan fingerprint density at radius 3 is 2.80 bits per heavy atom. The third-order valence-corrected chi connectivity index (χ3v) is 3.73. The second-order valence-corrected chi connectivity index (χ2v) is 5.41. The van der Waals surface area contributed by atoms with Gasteiger partial charge in [0.1, 0.15) is 5.69 Å². The Balaban J connectivity index is 1.67. The number of carbonyl (C=O) groups is 1. The van der Waals surface area contributed by atoms with Gasteiger partial charge in [-0.15, -0.1) is 11.8 Å². The van der Waals surface area contributed by atoms with E-state index in [4.69, 9.17) is 5.73 Å². The highest BCUT2D eigenvalue weighted by atomic mass is 32.2. The molecule has 0 radical (unpaired) electrons. The molecule has 20 heavy (non-hydrogen) atoms. The van der Waals surface area contributed by atoms with Crippen molar-refractivity contribution >= 4 is 23.4 Å². The monoisotopic (exact) mass is 287 g/mol. The number of anilines is 1. The van der Waals surface area contributed by atoms with E-state index in [-0.39, 0.29) is 5.91 Å². The van der Waals surface area contributed by atoms with Crippen LogP contribution in [0.2, 0.25) is 0 Å². The zero-order chi connectivity index (χ0) is 14.2. The van der Waals surface area contributed by atoms with E-state index in [1.165, 1.54) is 11.1 Å². The molecule has 1 heterocycles. The van der Waals surface area contributed by atoms with E-state index in [0.29, 0.717) is 17.9 Å². The first kappa shape index (κ1) is 14.4. The van der Waals surface area contributed by atoms with Crippen molar-refractivity contribution in [2.45, 2.75) is 11.3 Å². The first-order chi connectivity index (χ1) is 9.75. The first-order valence-corrected chi connectivity index (χ1v) is 7.42. The topological polar surface area (TPSA) is 68.0 Å². The van der Waals surface area contributed by atoms with E-state index in [1.807, 2.05) is 18.2 Å². The molecule has 1 aromatic carbocycles. The molecular formula is C15H17N3OS. The number of benzene rings is 1. The van der Waals surface area contributed by atoms with Gasteiger partial charge in [0.15, 0.2) is 0 Å². The van der Waals surface area contributed by atoms with Crippen molar-refractivity contribution in [1.29, 1.82) is 0 Å². The van der Waals surface area contributed by atoms with E-state index in [0.717, 1.165) is 12.2 Å². The fourth-order valence-electron chi connectivity index (χ4n) is 1.64. The molecule has 2 rings (SSSR count). The smallest absolute Gasteiger partial charge is 0.269 e. The van der Waals surface area contributed by atoms with Gasteiger partial charge in [-0.3, -0.25) is 9.78 Å². The molecule has 0 aliphatic heterocycles. The van der Waals surface area contributed by atoms with Gasteiger partial charge in [-0.05, 0) is 36.4 Å². The van der Waals surface area contributed by atoms with Gasteiger partial charge >= 0.3 is 0 Å². The lowest BCUT2D eigenvalue weighted by molar-refractivity contribution is 0.0949. The fourth-order valence-corrected chi connectivity index (χ4v) is 2.52. The number of hydrogen-bond donors (Lipinski definition) is 2. The van der Waals surface area contributed by atoms with Gasteiger partial charge in [0.25, 0.3) is 5.91 Å². The maximum absolute atomic E-state index is 11.8. The maximum Gasteiger partial charge on any atom is 0.269 e. The van der Waals surface area contributed by atoms with Crippen molar-refractivity contribution in [3.63, 3.8) is 0 Å². The summed E-state index contributed by atoms with van der Waals surface area (Å²) in [6.45, 7) is 0.634. The Hall–Kier alpha value is -2.01. The molecule has 0 unspecified atom stereocenters. The van der Waals surface area contributed by atoms with Crippen molar-refractivity contribution < 1.29 is 4.79 Å². The van der Waals surface area contributed by atoms with Crippen LogP contribution in [0.5, 0.6) is 0 Å². The third-order valence-electron chi connectivity index (χ3n) is 2.64. The zero-order valence-corrected chi connectivity index (χ0v) is 11.9. The summed E-state index contributed by atoms with van der Waals surface area (Å²) in [5, 5.41) is 2.84. The molecule has 0 fully saturated rings. The van der Waals surface area contributed by atoms with E-state index < -0.39 is 0 Å². The minimum atomic E-state index is -0.179. The lowest BCUT2D eigenvalue weighted by atomic mass is 10.3. The van der Waals surface area contributed by atoms with Crippen molar-refractivity contribution in [2.24, 2.45) is 0 Å². The predicted octanol–water partition coefficient (Wildman–Crippen LogP) is 2.58. The van der Waals surface area contributed by atoms with E-state index in [2.05, 4.69) is 22.4 Å². The SMILES string of the molecule is Nc1ccnc(C(=O)NCCCSc2ccccc2)c1.